The number of phenolic OH excluding ortho intramolecular Hbond substituents is 1. The molecule has 56 heavy (non-hydrogen) atoms. The molecule has 10 rings (SSSR count). The number of rotatable bonds is 11. The normalized spacial score (nSPS) is 22.7. The number of fused-ring (bicyclic) bond motifs is 6. The third kappa shape index (κ3) is 5.95. The monoisotopic (exact) mass is 763 g/mol. The number of nitrogens with zero attached hydrogens (tertiary/aromatic N) is 7. The Morgan fingerprint density at radius 1 is 1.05 bits per heavy atom. The maximum Gasteiger partial charge on any atom is 0.319 e. The lowest BCUT2D eigenvalue weighted by molar-refractivity contribution is -0.0326. The van der Waals surface area contributed by atoms with E-state index in [0.717, 1.165) is 90.9 Å². The molecular formula is C43H47F2N7O4. The fourth-order valence-electron chi connectivity index (χ4n) is 9.89. The molecule has 0 radical (unpaired) electrons. The van der Waals surface area contributed by atoms with Crippen molar-refractivity contribution >= 4 is 38.4 Å². The number of terminal acetylenes is 1. The SMILES string of the molecule is C#Cc1c(F)ccc2cc(O)cc(-c3c(F)c4nc(OCC5(CN6CCOCC67CC7)CC5)nc(N5C6CCC5CN(CCCOC)C6)c4c4cn(C)nc34)c12. The second-order valence-corrected chi connectivity index (χ2v) is 16.9. The van der Waals surface area contributed by atoms with Crippen LogP contribution in [0, 0.1) is 29.4 Å². The standard InChI is InChI=1S/C43H47F2N7O4/c1-4-30-33(44)9-6-26-18-29(53)19-31(34(26)30)35-37(45)39-36(32-22-49(2)48-38(32)35)40(52-27-7-8-28(52)21-50(20-27)14-5-16-54-3)47-41(46-39)56-24-42(10-11-42)23-51-15-17-55-25-43(51)12-13-43/h1,6,9,18-19,22,27-28,53H,5,7-8,10-17,20-21,23-25H2,2-3H3. The van der Waals surface area contributed by atoms with Crippen molar-refractivity contribution in [3.05, 3.63) is 47.7 Å². The summed E-state index contributed by atoms with van der Waals surface area (Å²) in [6.07, 6.45) is 15.1. The van der Waals surface area contributed by atoms with Gasteiger partial charge in [-0.3, -0.25) is 14.5 Å². The fourth-order valence-corrected chi connectivity index (χ4v) is 9.89. The van der Waals surface area contributed by atoms with Gasteiger partial charge in [-0.05, 0) is 74.1 Å². The van der Waals surface area contributed by atoms with E-state index in [2.05, 4.69) is 20.6 Å². The highest BCUT2D eigenvalue weighted by Crippen LogP contribution is 2.52. The zero-order valence-electron chi connectivity index (χ0n) is 32.0. The smallest absolute Gasteiger partial charge is 0.319 e. The Labute approximate surface area is 324 Å². The zero-order chi connectivity index (χ0) is 38.3. The number of aryl methyl sites for hydroxylation is 1. The van der Waals surface area contributed by atoms with E-state index in [0.29, 0.717) is 46.1 Å². The van der Waals surface area contributed by atoms with E-state index < -0.39 is 11.6 Å². The highest BCUT2D eigenvalue weighted by Gasteiger charge is 2.55. The van der Waals surface area contributed by atoms with Crippen molar-refractivity contribution in [2.24, 2.45) is 12.5 Å². The maximum absolute atomic E-state index is 17.9. The van der Waals surface area contributed by atoms with Crippen LogP contribution in [0.1, 0.15) is 50.5 Å². The molecule has 5 aromatic rings. The largest absolute Gasteiger partial charge is 0.508 e. The average molecular weight is 764 g/mol. The van der Waals surface area contributed by atoms with Gasteiger partial charge in [-0.2, -0.15) is 15.1 Å². The van der Waals surface area contributed by atoms with E-state index in [1.54, 1.807) is 18.8 Å². The molecule has 5 aliphatic rings. The first-order chi connectivity index (χ1) is 27.2. The second kappa shape index (κ2) is 13.5. The van der Waals surface area contributed by atoms with Gasteiger partial charge in [0, 0.05) is 99.1 Å². The minimum atomic E-state index is -0.658. The molecule has 11 nitrogen and oxygen atoms in total. The number of benzene rings is 3. The van der Waals surface area contributed by atoms with Crippen LogP contribution in [0.2, 0.25) is 0 Å². The van der Waals surface area contributed by atoms with Crippen molar-refractivity contribution in [2.45, 2.75) is 62.6 Å². The molecular weight excluding hydrogens is 717 g/mol. The quantitative estimate of drug-likeness (QED) is 0.127. The van der Waals surface area contributed by atoms with Crippen LogP contribution in [-0.4, -0.2) is 119 Å². The number of hydrogen-bond acceptors (Lipinski definition) is 10. The van der Waals surface area contributed by atoms with E-state index >= 15 is 8.78 Å². The molecule has 0 amide bonds. The summed E-state index contributed by atoms with van der Waals surface area (Å²) in [5.74, 6) is 1.74. The lowest BCUT2D eigenvalue weighted by Crippen LogP contribution is -2.54. The van der Waals surface area contributed by atoms with Crippen LogP contribution in [0.25, 0.3) is 43.7 Å². The highest BCUT2D eigenvalue weighted by molar-refractivity contribution is 6.18. The van der Waals surface area contributed by atoms with Gasteiger partial charge in [-0.15, -0.1) is 6.42 Å². The Bertz CT molecular complexity index is 2410. The third-order valence-corrected chi connectivity index (χ3v) is 13.1. The Kier molecular flexibility index (Phi) is 8.63. The number of phenols is 1. The van der Waals surface area contributed by atoms with Gasteiger partial charge in [0.25, 0.3) is 0 Å². The van der Waals surface area contributed by atoms with Crippen LogP contribution in [0.3, 0.4) is 0 Å². The van der Waals surface area contributed by atoms with E-state index in [-0.39, 0.29) is 57.0 Å². The summed E-state index contributed by atoms with van der Waals surface area (Å²) < 4.78 is 52.6. The molecule has 2 bridgehead atoms. The maximum atomic E-state index is 17.9. The number of piperazine rings is 1. The summed E-state index contributed by atoms with van der Waals surface area (Å²) >= 11 is 0. The summed E-state index contributed by atoms with van der Waals surface area (Å²) in [6.45, 7) is 7.19. The first-order valence-electron chi connectivity index (χ1n) is 19.9. The molecule has 3 saturated heterocycles. The first kappa shape index (κ1) is 35.8. The average Bonchev–Trinajstić information content (AvgIpc) is 4.08. The molecule has 2 aromatic heterocycles. The molecule has 1 N–H and O–H groups in total. The minimum Gasteiger partial charge on any atom is -0.508 e. The van der Waals surface area contributed by atoms with Gasteiger partial charge in [0.05, 0.1) is 30.8 Å². The van der Waals surface area contributed by atoms with Crippen LogP contribution in [-0.2, 0) is 16.5 Å². The predicted molar refractivity (Wildman–Crippen MR) is 210 cm³/mol. The van der Waals surface area contributed by atoms with E-state index in [1.165, 1.54) is 24.3 Å². The van der Waals surface area contributed by atoms with Gasteiger partial charge < -0.3 is 24.2 Å². The minimum absolute atomic E-state index is 0.0172. The topological polar surface area (TPSA) is 101 Å². The summed E-state index contributed by atoms with van der Waals surface area (Å²) in [6, 6.07) is 6.19. The number of morpholine rings is 1. The van der Waals surface area contributed by atoms with Crippen LogP contribution in [0.4, 0.5) is 14.6 Å². The van der Waals surface area contributed by atoms with Gasteiger partial charge in [0.1, 0.15) is 28.4 Å². The molecule has 2 atom stereocenters. The fraction of sp³-hybridized carbons (Fsp3) is 0.512. The summed E-state index contributed by atoms with van der Waals surface area (Å²) in [5.41, 5.74) is 0.878. The second-order valence-electron chi connectivity index (χ2n) is 16.9. The number of likely N-dealkylation sites (tertiary alicyclic amines) is 1. The zero-order valence-corrected chi connectivity index (χ0v) is 32.0. The summed E-state index contributed by atoms with van der Waals surface area (Å²) in [7, 11) is 3.52. The Hall–Kier alpha value is -4.61. The lowest BCUT2D eigenvalue weighted by atomic mass is 9.91. The number of aromatic nitrogens is 4. The number of halogens is 2. The molecule has 2 aliphatic carbocycles. The van der Waals surface area contributed by atoms with E-state index in [1.807, 2.05) is 6.20 Å². The van der Waals surface area contributed by atoms with Crippen molar-refractivity contribution in [2.75, 3.05) is 71.2 Å². The lowest BCUT2D eigenvalue weighted by Gasteiger charge is -2.42. The van der Waals surface area contributed by atoms with E-state index in [4.69, 9.17) is 35.7 Å². The number of methoxy groups -OCH3 is 1. The molecule has 5 heterocycles. The van der Waals surface area contributed by atoms with Crippen LogP contribution < -0.4 is 9.64 Å². The molecule has 3 aliphatic heterocycles. The summed E-state index contributed by atoms with van der Waals surface area (Å²) in [5, 5.41) is 17.7. The van der Waals surface area contributed by atoms with Crippen molar-refractivity contribution < 1.29 is 28.1 Å². The van der Waals surface area contributed by atoms with E-state index in [9.17, 15) is 5.11 Å². The highest BCUT2D eigenvalue weighted by atomic mass is 19.1. The van der Waals surface area contributed by atoms with Gasteiger partial charge in [-0.25, -0.2) is 8.78 Å². The van der Waals surface area contributed by atoms with Crippen LogP contribution >= 0.6 is 0 Å². The molecule has 2 saturated carbocycles. The Morgan fingerprint density at radius 2 is 1.86 bits per heavy atom. The number of anilines is 1. The molecule has 5 fully saturated rings. The third-order valence-electron chi connectivity index (χ3n) is 13.1. The summed E-state index contributed by atoms with van der Waals surface area (Å²) in [4.78, 5) is 17.6. The molecule has 2 unspecified atom stereocenters. The Morgan fingerprint density at radius 3 is 2.59 bits per heavy atom. The van der Waals surface area contributed by atoms with Gasteiger partial charge in [0.2, 0.25) is 0 Å². The van der Waals surface area contributed by atoms with Crippen molar-refractivity contribution in [1.29, 1.82) is 0 Å². The van der Waals surface area contributed by atoms with Gasteiger partial charge in [-0.1, -0.05) is 12.0 Å². The van der Waals surface area contributed by atoms with Gasteiger partial charge in [0.15, 0.2) is 5.82 Å². The first-order valence-corrected chi connectivity index (χ1v) is 19.9. The van der Waals surface area contributed by atoms with Crippen molar-refractivity contribution in [1.82, 2.24) is 29.5 Å². The predicted octanol–water partition coefficient (Wildman–Crippen LogP) is 6.02. The number of hydrogen-bond donors (Lipinski definition) is 1. The molecule has 13 heteroatoms. The molecule has 3 aromatic carbocycles. The van der Waals surface area contributed by atoms with Crippen LogP contribution in [0.5, 0.6) is 11.8 Å². The number of aromatic hydroxyl groups is 1. The van der Waals surface area contributed by atoms with Crippen molar-refractivity contribution in [3.8, 4) is 35.2 Å². The van der Waals surface area contributed by atoms with Gasteiger partial charge >= 0.3 is 6.01 Å². The Balaban J connectivity index is 1.12. The molecule has 292 valence electrons. The van der Waals surface area contributed by atoms with Crippen LogP contribution in [0.15, 0.2) is 30.5 Å². The molecule has 1 spiro atoms. The number of ether oxygens (including phenoxy) is 3. The van der Waals surface area contributed by atoms with Crippen molar-refractivity contribution in [3.63, 3.8) is 0 Å².